The molecule has 0 saturated heterocycles. The van der Waals surface area contributed by atoms with Gasteiger partial charge >= 0.3 is 5.69 Å². The maximum absolute atomic E-state index is 11.5. The molecular formula is C14H15BrN4O3. The maximum Gasteiger partial charge on any atom is 0.323 e. The Morgan fingerprint density at radius 1 is 1.36 bits per heavy atom. The van der Waals surface area contributed by atoms with Gasteiger partial charge in [0.15, 0.2) is 5.82 Å². The minimum absolute atomic E-state index is 0.284. The average Bonchev–Trinajstić information content (AvgIpc) is 3.03. The molecule has 0 aliphatic heterocycles. The number of H-pyrrole nitrogens is 2. The average molecular weight is 367 g/mol. The number of halogens is 1. The Labute approximate surface area is 134 Å². The third-order valence-corrected chi connectivity index (χ3v) is 3.81. The monoisotopic (exact) mass is 366 g/mol. The molecule has 8 heteroatoms. The van der Waals surface area contributed by atoms with E-state index >= 15 is 0 Å². The second-order valence-corrected chi connectivity index (χ2v) is 6.61. The lowest BCUT2D eigenvalue weighted by Crippen LogP contribution is -2.25. The van der Waals surface area contributed by atoms with Crippen LogP contribution in [0, 0.1) is 0 Å². The zero-order chi connectivity index (χ0) is 15.9. The first-order chi connectivity index (χ1) is 10.4. The van der Waals surface area contributed by atoms with Gasteiger partial charge in [0.1, 0.15) is 0 Å². The fraction of sp³-hybridized carbons (Fsp3) is 0.357. The van der Waals surface area contributed by atoms with E-state index in [0.717, 1.165) is 4.47 Å². The third-order valence-electron chi connectivity index (χ3n) is 3.36. The number of methoxy groups -OCH3 is 1. The molecule has 116 valence electrons. The highest BCUT2D eigenvalue weighted by atomic mass is 79.9. The van der Waals surface area contributed by atoms with Gasteiger partial charge < -0.3 is 19.2 Å². The molecule has 1 aromatic carbocycles. The first-order valence-electron chi connectivity index (χ1n) is 6.66. The highest BCUT2D eigenvalue weighted by Gasteiger charge is 2.27. The number of rotatable bonds is 4. The minimum atomic E-state index is -0.368. The van der Waals surface area contributed by atoms with Crippen molar-refractivity contribution in [2.24, 2.45) is 0 Å². The van der Waals surface area contributed by atoms with Crippen molar-refractivity contribution >= 4 is 27.0 Å². The molecule has 3 aromatic rings. The number of hydrogen-bond donors (Lipinski definition) is 2. The number of ether oxygens (including phenoxy) is 1. The van der Waals surface area contributed by atoms with Gasteiger partial charge in [0, 0.05) is 11.6 Å². The lowest BCUT2D eigenvalue weighted by atomic mass is 9.94. The van der Waals surface area contributed by atoms with Gasteiger partial charge in [-0.25, -0.2) is 4.79 Å². The summed E-state index contributed by atoms with van der Waals surface area (Å²) in [6.07, 6.45) is 0. The predicted octanol–water partition coefficient (Wildman–Crippen LogP) is 2.59. The Kier molecular flexibility index (Phi) is 3.65. The zero-order valence-corrected chi connectivity index (χ0v) is 13.9. The van der Waals surface area contributed by atoms with Crippen molar-refractivity contribution in [3.63, 3.8) is 0 Å². The Morgan fingerprint density at radius 2 is 2.14 bits per heavy atom. The van der Waals surface area contributed by atoms with Crippen molar-refractivity contribution in [1.29, 1.82) is 0 Å². The zero-order valence-electron chi connectivity index (χ0n) is 12.4. The minimum Gasteiger partial charge on any atom is -0.384 e. The first-order valence-corrected chi connectivity index (χ1v) is 7.45. The van der Waals surface area contributed by atoms with Gasteiger partial charge in [0.05, 0.1) is 28.6 Å². The summed E-state index contributed by atoms with van der Waals surface area (Å²) < 4.78 is 11.4. The molecule has 0 spiro atoms. The van der Waals surface area contributed by atoms with E-state index in [-0.39, 0.29) is 11.1 Å². The Balaban J connectivity index is 2.13. The van der Waals surface area contributed by atoms with Crippen LogP contribution < -0.4 is 5.69 Å². The van der Waals surface area contributed by atoms with Gasteiger partial charge in [-0.05, 0) is 12.1 Å². The summed E-state index contributed by atoms with van der Waals surface area (Å²) in [5, 5.41) is 4.04. The number of fused-ring (bicyclic) bond motifs is 1. The van der Waals surface area contributed by atoms with Crippen molar-refractivity contribution in [3.8, 4) is 11.5 Å². The molecular weight excluding hydrogens is 352 g/mol. The van der Waals surface area contributed by atoms with Crippen LogP contribution in [0.4, 0.5) is 0 Å². The molecule has 0 unspecified atom stereocenters. The van der Waals surface area contributed by atoms with Crippen LogP contribution in [-0.2, 0) is 10.2 Å². The van der Waals surface area contributed by atoms with Gasteiger partial charge in [-0.15, -0.1) is 0 Å². The summed E-state index contributed by atoms with van der Waals surface area (Å²) in [5.74, 6) is 0.899. The van der Waals surface area contributed by atoms with Gasteiger partial charge in [-0.3, -0.25) is 0 Å². The van der Waals surface area contributed by atoms with E-state index < -0.39 is 0 Å². The summed E-state index contributed by atoms with van der Waals surface area (Å²) in [6.45, 7) is 4.42. The van der Waals surface area contributed by atoms with Crippen LogP contribution in [0.2, 0.25) is 0 Å². The maximum atomic E-state index is 11.5. The van der Waals surface area contributed by atoms with E-state index in [1.54, 1.807) is 7.11 Å². The standard InChI is InChI=1S/C14H15BrN4O3/c1-14(2,6-21-3)12-18-11(22-19-12)8-4-7(15)5-9-10(8)17-13(20)16-9/h4-5H,6H2,1-3H3,(H2,16,17,20). The number of aromatic amines is 2. The Bertz CT molecular complexity index is 878. The largest absolute Gasteiger partial charge is 0.384 e. The summed E-state index contributed by atoms with van der Waals surface area (Å²) in [7, 11) is 1.63. The first kappa shape index (κ1) is 15.0. The van der Waals surface area contributed by atoms with Gasteiger partial charge in [-0.2, -0.15) is 4.98 Å². The molecule has 22 heavy (non-hydrogen) atoms. The van der Waals surface area contributed by atoms with E-state index in [1.807, 2.05) is 26.0 Å². The topological polar surface area (TPSA) is 96.8 Å². The SMILES string of the molecule is COCC(C)(C)c1noc(-c2cc(Br)cc3[nH]c(=O)[nH]c23)n1. The van der Waals surface area contributed by atoms with Crippen molar-refractivity contribution in [1.82, 2.24) is 20.1 Å². The van der Waals surface area contributed by atoms with E-state index in [1.165, 1.54) is 0 Å². The summed E-state index contributed by atoms with van der Waals surface area (Å²) >= 11 is 3.42. The van der Waals surface area contributed by atoms with Crippen molar-refractivity contribution in [3.05, 3.63) is 32.9 Å². The highest BCUT2D eigenvalue weighted by molar-refractivity contribution is 9.10. The lowest BCUT2D eigenvalue weighted by Gasteiger charge is -2.18. The molecule has 2 aromatic heterocycles. The molecule has 0 aliphatic rings. The van der Waals surface area contributed by atoms with Crippen molar-refractivity contribution < 1.29 is 9.26 Å². The van der Waals surface area contributed by atoms with E-state index in [4.69, 9.17) is 9.26 Å². The molecule has 0 bridgehead atoms. The van der Waals surface area contributed by atoms with Crippen LogP contribution >= 0.6 is 15.9 Å². The van der Waals surface area contributed by atoms with Crippen LogP contribution in [0.5, 0.6) is 0 Å². The Morgan fingerprint density at radius 3 is 2.86 bits per heavy atom. The van der Waals surface area contributed by atoms with Crippen LogP contribution in [-0.4, -0.2) is 33.8 Å². The molecule has 0 saturated carbocycles. The molecule has 2 heterocycles. The Hall–Kier alpha value is -1.93. The highest BCUT2D eigenvalue weighted by Crippen LogP contribution is 2.30. The van der Waals surface area contributed by atoms with Crippen molar-refractivity contribution in [2.75, 3.05) is 13.7 Å². The second-order valence-electron chi connectivity index (χ2n) is 5.70. The molecule has 0 radical (unpaired) electrons. The van der Waals surface area contributed by atoms with Crippen molar-refractivity contribution in [2.45, 2.75) is 19.3 Å². The van der Waals surface area contributed by atoms with Gasteiger partial charge in [-0.1, -0.05) is 34.9 Å². The van der Waals surface area contributed by atoms with E-state index in [2.05, 4.69) is 36.0 Å². The number of nitrogens with one attached hydrogen (secondary N) is 2. The summed E-state index contributed by atoms with van der Waals surface area (Å²) in [6, 6.07) is 3.63. The van der Waals surface area contributed by atoms with Crippen LogP contribution in [0.25, 0.3) is 22.5 Å². The second kappa shape index (κ2) is 5.36. The smallest absolute Gasteiger partial charge is 0.323 e. The number of hydrogen-bond acceptors (Lipinski definition) is 5. The van der Waals surface area contributed by atoms with E-state index in [0.29, 0.717) is 34.9 Å². The number of nitrogens with zero attached hydrogens (tertiary/aromatic N) is 2. The summed E-state index contributed by atoms with van der Waals surface area (Å²) in [4.78, 5) is 21.4. The lowest BCUT2D eigenvalue weighted by molar-refractivity contribution is 0.141. The number of aromatic nitrogens is 4. The third kappa shape index (κ3) is 2.59. The molecule has 2 N–H and O–H groups in total. The molecule has 0 atom stereocenters. The predicted molar refractivity (Wildman–Crippen MR) is 84.8 cm³/mol. The molecule has 7 nitrogen and oxygen atoms in total. The van der Waals surface area contributed by atoms with Crippen LogP contribution in [0.1, 0.15) is 19.7 Å². The molecule has 3 rings (SSSR count). The quantitative estimate of drug-likeness (QED) is 0.739. The van der Waals surface area contributed by atoms with Crippen LogP contribution in [0.3, 0.4) is 0 Å². The van der Waals surface area contributed by atoms with Gasteiger partial charge in [0.25, 0.3) is 5.89 Å². The number of imidazole rings is 1. The fourth-order valence-electron chi connectivity index (χ4n) is 2.31. The molecule has 0 amide bonds. The fourth-order valence-corrected chi connectivity index (χ4v) is 2.77. The van der Waals surface area contributed by atoms with Crippen LogP contribution in [0.15, 0.2) is 25.9 Å². The van der Waals surface area contributed by atoms with Gasteiger partial charge in [0.2, 0.25) is 0 Å². The number of benzene rings is 1. The summed E-state index contributed by atoms with van der Waals surface area (Å²) in [5.41, 5.74) is 1.31. The normalized spacial score (nSPS) is 12.2. The van der Waals surface area contributed by atoms with E-state index in [9.17, 15) is 4.79 Å². The molecule has 0 fully saturated rings. The molecule has 0 aliphatic carbocycles.